The summed E-state index contributed by atoms with van der Waals surface area (Å²) in [6.45, 7) is 4.90. The highest BCUT2D eigenvalue weighted by Gasteiger charge is 2.23. The lowest BCUT2D eigenvalue weighted by atomic mass is 10.2. The minimum atomic E-state index is 0.481. The minimum absolute atomic E-state index is 0.481. The third-order valence-corrected chi connectivity index (χ3v) is 4.95. The SMILES string of the molecule is COc1cc(OC)cc(N2CC[C@H](NCc3csc(C)n3)C2)c1. The van der Waals surface area contributed by atoms with Gasteiger partial charge in [-0.15, -0.1) is 11.3 Å². The van der Waals surface area contributed by atoms with Gasteiger partial charge in [0.2, 0.25) is 0 Å². The van der Waals surface area contributed by atoms with Crippen molar-refractivity contribution in [2.75, 3.05) is 32.2 Å². The predicted molar refractivity (Wildman–Crippen MR) is 93.9 cm³/mol. The lowest BCUT2D eigenvalue weighted by molar-refractivity contribution is 0.394. The summed E-state index contributed by atoms with van der Waals surface area (Å²) < 4.78 is 10.7. The van der Waals surface area contributed by atoms with Gasteiger partial charge in [0.05, 0.1) is 24.9 Å². The van der Waals surface area contributed by atoms with E-state index in [4.69, 9.17) is 9.47 Å². The van der Waals surface area contributed by atoms with E-state index in [1.807, 2.05) is 13.0 Å². The molecule has 1 saturated heterocycles. The third-order valence-electron chi connectivity index (χ3n) is 4.13. The number of hydrogen-bond acceptors (Lipinski definition) is 6. The second kappa shape index (κ2) is 7.19. The van der Waals surface area contributed by atoms with Crippen LogP contribution in [-0.2, 0) is 6.54 Å². The number of aryl methyl sites for hydroxylation is 1. The molecule has 1 atom stereocenters. The van der Waals surface area contributed by atoms with Crippen molar-refractivity contribution in [2.24, 2.45) is 0 Å². The van der Waals surface area contributed by atoms with Crippen LogP contribution < -0.4 is 19.7 Å². The molecule has 23 heavy (non-hydrogen) atoms. The largest absolute Gasteiger partial charge is 0.497 e. The fourth-order valence-corrected chi connectivity index (χ4v) is 3.49. The number of ether oxygens (including phenoxy) is 2. The van der Waals surface area contributed by atoms with Crippen molar-refractivity contribution < 1.29 is 9.47 Å². The van der Waals surface area contributed by atoms with Crippen molar-refractivity contribution >= 4 is 17.0 Å². The third kappa shape index (κ3) is 3.95. The summed E-state index contributed by atoms with van der Waals surface area (Å²) in [4.78, 5) is 6.87. The van der Waals surface area contributed by atoms with Crippen LogP contribution in [0.15, 0.2) is 23.6 Å². The highest BCUT2D eigenvalue weighted by Crippen LogP contribution is 2.30. The molecule has 1 N–H and O–H groups in total. The molecule has 5 nitrogen and oxygen atoms in total. The van der Waals surface area contributed by atoms with E-state index in [9.17, 15) is 0 Å². The molecule has 1 aromatic heterocycles. The fraction of sp³-hybridized carbons (Fsp3) is 0.471. The molecule has 1 aliphatic heterocycles. The average Bonchev–Trinajstić information content (AvgIpc) is 3.21. The van der Waals surface area contributed by atoms with Crippen molar-refractivity contribution in [3.05, 3.63) is 34.3 Å². The van der Waals surface area contributed by atoms with E-state index < -0.39 is 0 Å². The maximum Gasteiger partial charge on any atom is 0.124 e. The van der Waals surface area contributed by atoms with Gasteiger partial charge in [0.1, 0.15) is 11.5 Å². The van der Waals surface area contributed by atoms with E-state index in [0.717, 1.165) is 53.9 Å². The van der Waals surface area contributed by atoms with Gasteiger partial charge in [-0.3, -0.25) is 0 Å². The maximum atomic E-state index is 5.36. The molecule has 0 radical (unpaired) electrons. The number of methoxy groups -OCH3 is 2. The van der Waals surface area contributed by atoms with Crippen molar-refractivity contribution in [2.45, 2.75) is 25.9 Å². The molecule has 6 heteroatoms. The zero-order valence-electron chi connectivity index (χ0n) is 13.8. The van der Waals surface area contributed by atoms with Crippen molar-refractivity contribution in [1.29, 1.82) is 0 Å². The number of benzene rings is 1. The molecule has 2 aromatic rings. The van der Waals surface area contributed by atoms with Crippen LogP contribution in [0.1, 0.15) is 17.1 Å². The maximum absolute atomic E-state index is 5.36. The number of nitrogens with zero attached hydrogens (tertiary/aromatic N) is 2. The molecular formula is C17H23N3O2S. The molecule has 0 saturated carbocycles. The number of anilines is 1. The topological polar surface area (TPSA) is 46.6 Å². The summed E-state index contributed by atoms with van der Waals surface area (Å²) in [6.07, 6.45) is 1.13. The van der Waals surface area contributed by atoms with Gasteiger partial charge >= 0.3 is 0 Å². The van der Waals surface area contributed by atoms with E-state index in [2.05, 4.69) is 32.7 Å². The molecule has 2 heterocycles. The second-order valence-corrected chi connectivity index (χ2v) is 6.80. The van der Waals surface area contributed by atoms with Crippen LogP contribution in [0.25, 0.3) is 0 Å². The fourth-order valence-electron chi connectivity index (χ4n) is 2.87. The molecule has 1 fully saturated rings. The first kappa shape index (κ1) is 16.1. The van der Waals surface area contributed by atoms with Gasteiger partial charge in [-0.05, 0) is 13.3 Å². The van der Waals surface area contributed by atoms with E-state index in [1.165, 1.54) is 0 Å². The summed E-state index contributed by atoms with van der Waals surface area (Å²) in [5.41, 5.74) is 2.28. The Hall–Kier alpha value is -1.79. The average molecular weight is 333 g/mol. The second-order valence-electron chi connectivity index (χ2n) is 5.74. The number of rotatable bonds is 6. The number of nitrogens with one attached hydrogen (secondary N) is 1. The molecule has 0 unspecified atom stereocenters. The van der Waals surface area contributed by atoms with Crippen molar-refractivity contribution in [3.8, 4) is 11.5 Å². The Morgan fingerprint density at radius 3 is 2.61 bits per heavy atom. The van der Waals surface area contributed by atoms with Crippen molar-refractivity contribution in [1.82, 2.24) is 10.3 Å². The molecule has 1 aliphatic rings. The normalized spacial score (nSPS) is 17.5. The van der Waals surface area contributed by atoms with Gasteiger partial charge in [0, 0.05) is 54.9 Å². The minimum Gasteiger partial charge on any atom is -0.497 e. The van der Waals surface area contributed by atoms with Crippen LogP contribution >= 0.6 is 11.3 Å². The summed E-state index contributed by atoms with van der Waals surface area (Å²) in [5, 5.41) is 6.86. The Morgan fingerprint density at radius 1 is 1.26 bits per heavy atom. The van der Waals surface area contributed by atoms with Crippen LogP contribution in [0.4, 0.5) is 5.69 Å². The van der Waals surface area contributed by atoms with Crippen LogP contribution in [0.5, 0.6) is 11.5 Å². The van der Waals surface area contributed by atoms with Crippen LogP contribution in [-0.4, -0.2) is 38.3 Å². The first-order valence-electron chi connectivity index (χ1n) is 7.80. The number of hydrogen-bond donors (Lipinski definition) is 1. The van der Waals surface area contributed by atoms with E-state index in [1.54, 1.807) is 25.6 Å². The molecule has 0 aliphatic carbocycles. The Balaban J connectivity index is 1.60. The summed E-state index contributed by atoms with van der Waals surface area (Å²) in [6, 6.07) is 6.51. The van der Waals surface area contributed by atoms with Gasteiger partial charge in [-0.1, -0.05) is 0 Å². The standard InChI is InChI=1S/C17H23N3O2S/c1-12-19-14(11-23-12)9-18-13-4-5-20(10-13)15-6-16(21-2)8-17(7-15)22-3/h6-8,11,13,18H,4-5,9-10H2,1-3H3/t13-/m0/s1. The summed E-state index contributed by atoms with van der Waals surface area (Å²) in [5.74, 6) is 1.66. The zero-order chi connectivity index (χ0) is 16.2. The highest BCUT2D eigenvalue weighted by molar-refractivity contribution is 7.09. The molecule has 1 aromatic carbocycles. The summed E-state index contributed by atoms with van der Waals surface area (Å²) in [7, 11) is 3.37. The van der Waals surface area contributed by atoms with Gasteiger partial charge in [0.25, 0.3) is 0 Å². The Bertz CT molecular complexity index is 637. The van der Waals surface area contributed by atoms with Gasteiger partial charge in [0.15, 0.2) is 0 Å². The molecular weight excluding hydrogens is 310 g/mol. The monoisotopic (exact) mass is 333 g/mol. The number of aromatic nitrogens is 1. The first-order chi connectivity index (χ1) is 11.2. The molecule has 0 spiro atoms. The van der Waals surface area contributed by atoms with Crippen LogP contribution in [0.2, 0.25) is 0 Å². The zero-order valence-corrected chi connectivity index (χ0v) is 14.7. The van der Waals surface area contributed by atoms with Gasteiger partial charge in [-0.25, -0.2) is 4.98 Å². The smallest absolute Gasteiger partial charge is 0.124 e. The molecule has 0 amide bonds. The van der Waals surface area contributed by atoms with Crippen LogP contribution in [0, 0.1) is 6.92 Å². The van der Waals surface area contributed by atoms with Crippen LogP contribution in [0.3, 0.4) is 0 Å². The first-order valence-corrected chi connectivity index (χ1v) is 8.68. The lowest BCUT2D eigenvalue weighted by Crippen LogP contribution is -2.32. The van der Waals surface area contributed by atoms with Gasteiger partial charge in [-0.2, -0.15) is 0 Å². The van der Waals surface area contributed by atoms with E-state index in [0.29, 0.717) is 6.04 Å². The Morgan fingerprint density at radius 2 is 2.00 bits per heavy atom. The lowest BCUT2D eigenvalue weighted by Gasteiger charge is -2.20. The van der Waals surface area contributed by atoms with Crippen molar-refractivity contribution in [3.63, 3.8) is 0 Å². The number of thiazole rings is 1. The molecule has 3 rings (SSSR count). The Kier molecular flexibility index (Phi) is 5.03. The van der Waals surface area contributed by atoms with E-state index in [-0.39, 0.29) is 0 Å². The predicted octanol–water partition coefficient (Wildman–Crippen LogP) is 2.84. The van der Waals surface area contributed by atoms with Gasteiger partial charge < -0.3 is 19.7 Å². The van der Waals surface area contributed by atoms with E-state index >= 15 is 0 Å². The quantitative estimate of drug-likeness (QED) is 0.881. The summed E-state index contributed by atoms with van der Waals surface area (Å²) >= 11 is 1.70. The molecule has 124 valence electrons. The highest BCUT2D eigenvalue weighted by atomic mass is 32.1. The molecule has 0 bridgehead atoms. The Labute approximate surface area is 141 Å².